The Balaban J connectivity index is 1.68. The molecule has 0 spiro atoms. The van der Waals surface area contributed by atoms with Crippen LogP contribution in [0, 0.1) is 0 Å². The van der Waals surface area contributed by atoms with Gasteiger partial charge in [0, 0.05) is 23.8 Å². The van der Waals surface area contributed by atoms with Gasteiger partial charge in [0.15, 0.2) is 5.17 Å². The van der Waals surface area contributed by atoms with Crippen LogP contribution >= 0.6 is 23.4 Å². The van der Waals surface area contributed by atoms with E-state index in [2.05, 4.69) is 4.99 Å². The van der Waals surface area contributed by atoms with Crippen LogP contribution in [0.3, 0.4) is 0 Å². The summed E-state index contributed by atoms with van der Waals surface area (Å²) in [6.45, 7) is 6.86. The third kappa shape index (κ3) is 4.31. The number of nitrogens with zero attached hydrogens (tertiary/aromatic N) is 3. The number of methoxy groups -OCH3 is 1. The van der Waals surface area contributed by atoms with Gasteiger partial charge in [-0.05, 0) is 37.8 Å². The lowest BCUT2D eigenvalue weighted by Crippen LogP contribution is -2.48. The average molecular weight is 476 g/mol. The predicted molar refractivity (Wildman–Crippen MR) is 125 cm³/mol. The molecule has 3 aliphatic rings. The highest BCUT2D eigenvalue weighted by Gasteiger charge is 2.42. The molecule has 3 atom stereocenters. The highest BCUT2D eigenvalue weighted by atomic mass is 35.5. The number of carbonyl (C=O) groups excluding carboxylic acids is 2. The van der Waals surface area contributed by atoms with E-state index in [1.54, 1.807) is 13.0 Å². The zero-order chi connectivity index (χ0) is 23.0. The molecule has 3 unspecified atom stereocenters. The van der Waals surface area contributed by atoms with Crippen molar-refractivity contribution in [2.24, 2.45) is 4.99 Å². The number of halogens is 1. The fourth-order valence-corrected chi connectivity index (χ4v) is 5.58. The molecule has 9 heteroatoms. The summed E-state index contributed by atoms with van der Waals surface area (Å²) in [6, 6.07) is 6.88. The molecule has 1 fully saturated rings. The van der Waals surface area contributed by atoms with Crippen molar-refractivity contribution in [3.05, 3.63) is 57.2 Å². The number of esters is 1. The normalized spacial score (nSPS) is 25.3. The fraction of sp³-hybridized carbons (Fsp3) is 0.435. The number of thioether (sulfide) groups is 1. The molecular weight excluding hydrogens is 450 g/mol. The number of amidine groups is 1. The van der Waals surface area contributed by atoms with Crippen molar-refractivity contribution in [3.8, 4) is 0 Å². The van der Waals surface area contributed by atoms with Gasteiger partial charge < -0.3 is 19.3 Å². The molecule has 3 aliphatic heterocycles. The molecule has 0 N–H and O–H groups in total. The molecule has 3 heterocycles. The van der Waals surface area contributed by atoms with E-state index in [9.17, 15) is 9.59 Å². The van der Waals surface area contributed by atoms with Gasteiger partial charge in [-0.15, -0.1) is 0 Å². The van der Waals surface area contributed by atoms with Crippen molar-refractivity contribution < 1.29 is 19.1 Å². The van der Waals surface area contributed by atoms with E-state index in [0.717, 1.165) is 11.3 Å². The molecule has 1 amide bonds. The van der Waals surface area contributed by atoms with Crippen LogP contribution < -0.4 is 0 Å². The Morgan fingerprint density at radius 2 is 1.94 bits per heavy atom. The zero-order valence-electron chi connectivity index (χ0n) is 18.5. The standard InChI is InChI=1S/C23H26ClN3O4S/c1-13-10-26(11-14(2)31-13)19(28)9-16-12-32-23-25-15(3)20(22(29)30-4)21(27(16)23)17-7-5-6-8-18(17)24/h5-8,12-14,21H,9-11H2,1-4H3. The van der Waals surface area contributed by atoms with E-state index < -0.39 is 12.0 Å². The molecule has 0 bridgehead atoms. The maximum Gasteiger partial charge on any atom is 0.338 e. The van der Waals surface area contributed by atoms with Gasteiger partial charge in [0.25, 0.3) is 0 Å². The number of amides is 1. The maximum atomic E-state index is 13.2. The minimum Gasteiger partial charge on any atom is -0.466 e. The first-order chi connectivity index (χ1) is 15.3. The Bertz CT molecular complexity index is 1030. The smallest absolute Gasteiger partial charge is 0.338 e. The van der Waals surface area contributed by atoms with Gasteiger partial charge in [-0.25, -0.2) is 9.79 Å². The summed E-state index contributed by atoms with van der Waals surface area (Å²) >= 11 is 8.00. The van der Waals surface area contributed by atoms with Crippen molar-refractivity contribution >= 4 is 40.4 Å². The topological polar surface area (TPSA) is 71.4 Å². The lowest BCUT2D eigenvalue weighted by atomic mass is 9.93. The lowest BCUT2D eigenvalue weighted by Gasteiger charge is -2.38. The Morgan fingerprint density at radius 1 is 1.25 bits per heavy atom. The van der Waals surface area contributed by atoms with E-state index in [1.807, 2.05) is 47.3 Å². The highest BCUT2D eigenvalue weighted by Crippen LogP contribution is 2.46. The van der Waals surface area contributed by atoms with Crippen molar-refractivity contribution in [3.63, 3.8) is 0 Å². The predicted octanol–water partition coefficient (Wildman–Crippen LogP) is 4.11. The number of benzene rings is 1. The molecule has 0 aromatic heterocycles. The highest BCUT2D eigenvalue weighted by molar-refractivity contribution is 8.16. The van der Waals surface area contributed by atoms with Crippen LogP contribution in [0.5, 0.6) is 0 Å². The molecule has 0 aliphatic carbocycles. The second-order valence-corrected chi connectivity index (χ2v) is 9.38. The number of carbonyl (C=O) groups is 2. The molecule has 1 aromatic carbocycles. The van der Waals surface area contributed by atoms with Crippen LogP contribution in [0.2, 0.25) is 5.02 Å². The average Bonchev–Trinajstić information content (AvgIpc) is 3.14. The van der Waals surface area contributed by atoms with Gasteiger partial charge in [0.2, 0.25) is 5.91 Å². The second kappa shape index (κ2) is 9.29. The van der Waals surface area contributed by atoms with Crippen LogP contribution in [0.25, 0.3) is 0 Å². The first-order valence-electron chi connectivity index (χ1n) is 10.5. The van der Waals surface area contributed by atoms with Gasteiger partial charge in [-0.3, -0.25) is 4.79 Å². The summed E-state index contributed by atoms with van der Waals surface area (Å²) in [6.07, 6.45) is 0.183. The summed E-state index contributed by atoms with van der Waals surface area (Å²) in [5.41, 5.74) is 2.54. The molecule has 4 rings (SSSR count). The summed E-state index contributed by atoms with van der Waals surface area (Å²) in [5, 5.41) is 3.18. The van der Waals surface area contributed by atoms with Gasteiger partial charge in [0.05, 0.1) is 43.1 Å². The van der Waals surface area contributed by atoms with Crippen LogP contribution in [0.4, 0.5) is 0 Å². The van der Waals surface area contributed by atoms with Gasteiger partial charge in [-0.1, -0.05) is 41.6 Å². The molecule has 1 saturated heterocycles. The minimum atomic E-state index is -0.528. The van der Waals surface area contributed by atoms with Crippen molar-refractivity contribution in [1.29, 1.82) is 0 Å². The molecule has 32 heavy (non-hydrogen) atoms. The minimum absolute atomic E-state index is 0.00544. The molecule has 1 aromatic rings. The number of ether oxygens (including phenoxy) is 2. The maximum absolute atomic E-state index is 13.2. The summed E-state index contributed by atoms with van der Waals surface area (Å²) in [4.78, 5) is 34.4. The first kappa shape index (κ1) is 22.9. The third-order valence-electron chi connectivity index (χ3n) is 5.71. The van der Waals surface area contributed by atoms with Crippen LogP contribution in [-0.4, -0.2) is 59.3 Å². The zero-order valence-corrected chi connectivity index (χ0v) is 20.1. The third-order valence-corrected chi connectivity index (χ3v) is 6.94. The Labute approximate surface area is 197 Å². The van der Waals surface area contributed by atoms with Crippen LogP contribution in [0.1, 0.15) is 38.8 Å². The van der Waals surface area contributed by atoms with E-state index in [1.165, 1.54) is 18.9 Å². The van der Waals surface area contributed by atoms with Crippen LogP contribution in [0.15, 0.2) is 51.6 Å². The van der Waals surface area contributed by atoms with Crippen molar-refractivity contribution in [2.75, 3.05) is 20.2 Å². The molecule has 0 saturated carbocycles. The Kier molecular flexibility index (Phi) is 6.65. The van der Waals surface area contributed by atoms with Gasteiger partial charge >= 0.3 is 5.97 Å². The van der Waals surface area contributed by atoms with E-state index in [-0.39, 0.29) is 24.5 Å². The summed E-state index contributed by atoms with van der Waals surface area (Å²) in [5.74, 6) is -0.447. The lowest BCUT2D eigenvalue weighted by molar-refractivity contribution is -0.142. The number of aliphatic imine (C=N–C) groups is 1. The summed E-state index contributed by atoms with van der Waals surface area (Å²) in [7, 11) is 1.35. The number of hydrogen-bond donors (Lipinski definition) is 0. The molecule has 170 valence electrons. The van der Waals surface area contributed by atoms with E-state index in [4.69, 9.17) is 21.1 Å². The first-order valence-corrected chi connectivity index (χ1v) is 11.8. The monoisotopic (exact) mass is 475 g/mol. The number of morpholine rings is 1. The number of fused-ring (bicyclic) bond motifs is 1. The number of allylic oxidation sites excluding steroid dienone is 1. The second-order valence-electron chi connectivity index (χ2n) is 8.14. The molecule has 7 nitrogen and oxygen atoms in total. The summed E-state index contributed by atoms with van der Waals surface area (Å²) < 4.78 is 10.8. The number of rotatable bonds is 4. The largest absolute Gasteiger partial charge is 0.466 e. The van der Waals surface area contributed by atoms with E-state index >= 15 is 0 Å². The Morgan fingerprint density at radius 3 is 2.59 bits per heavy atom. The fourth-order valence-electron chi connectivity index (χ4n) is 4.38. The number of hydrogen-bond acceptors (Lipinski definition) is 7. The Hall–Kier alpha value is -2.29. The van der Waals surface area contributed by atoms with Crippen molar-refractivity contribution in [1.82, 2.24) is 9.80 Å². The van der Waals surface area contributed by atoms with Crippen molar-refractivity contribution in [2.45, 2.75) is 45.4 Å². The molecular formula is C23H26ClN3O4S. The SMILES string of the molecule is COC(=O)C1=C(C)N=C2SC=C(CC(=O)N3CC(C)OC(C)C3)N2C1c1ccccc1Cl. The van der Waals surface area contributed by atoms with Gasteiger partial charge in [-0.2, -0.15) is 0 Å². The van der Waals surface area contributed by atoms with Gasteiger partial charge in [0.1, 0.15) is 0 Å². The molecule has 0 radical (unpaired) electrons. The van der Waals surface area contributed by atoms with E-state index in [0.29, 0.717) is 34.5 Å². The van der Waals surface area contributed by atoms with Crippen LogP contribution in [-0.2, 0) is 19.1 Å². The quantitative estimate of drug-likeness (QED) is 0.610.